The highest BCUT2D eigenvalue weighted by Gasteiger charge is 2.14. The third-order valence-electron chi connectivity index (χ3n) is 2.87. The number of benzene rings is 2. The lowest BCUT2D eigenvalue weighted by Crippen LogP contribution is -2.01. The van der Waals surface area contributed by atoms with Crippen LogP contribution in [0, 0.1) is 0 Å². The summed E-state index contributed by atoms with van der Waals surface area (Å²) in [4.78, 5) is 0. The molecule has 5 nitrogen and oxygen atoms in total. The summed E-state index contributed by atoms with van der Waals surface area (Å²) in [6.07, 6.45) is 0. The Balaban J connectivity index is 2.17. The third-order valence-corrected chi connectivity index (χ3v) is 3.85. The highest BCUT2D eigenvalue weighted by atomic mass is 35.5. The monoisotopic (exact) mass is 339 g/mol. The standard InChI is InChI=1S/C13H8Cl3N5/c14-7-1-4-12(17)9(5-7)13-18-19-20-21(13)8-2-3-10(15)11(16)6-8/h1-6H,17H2. The number of anilines is 1. The molecule has 21 heavy (non-hydrogen) atoms. The molecule has 1 aromatic heterocycles. The number of nitrogen functional groups attached to an aromatic ring is 1. The van der Waals surface area contributed by atoms with E-state index in [2.05, 4.69) is 15.5 Å². The van der Waals surface area contributed by atoms with Gasteiger partial charge in [-0.05, 0) is 46.8 Å². The number of tetrazole rings is 1. The van der Waals surface area contributed by atoms with Gasteiger partial charge in [-0.1, -0.05) is 34.8 Å². The molecular weight excluding hydrogens is 333 g/mol. The summed E-state index contributed by atoms with van der Waals surface area (Å²) in [6.45, 7) is 0. The second kappa shape index (κ2) is 5.52. The SMILES string of the molecule is Nc1ccc(Cl)cc1-c1nnnn1-c1ccc(Cl)c(Cl)c1. The van der Waals surface area contributed by atoms with E-state index in [9.17, 15) is 0 Å². The molecule has 0 atom stereocenters. The molecule has 2 N–H and O–H groups in total. The van der Waals surface area contributed by atoms with Crippen LogP contribution >= 0.6 is 34.8 Å². The van der Waals surface area contributed by atoms with Crippen LogP contribution in [-0.2, 0) is 0 Å². The van der Waals surface area contributed by atoms with Crippen LogP contribution in [0.3, 0.4) is 0 Å². The van der Waals surface area contributed by atoms with E-state index in [-0.39, 0.29) is 0 Å². The molecule has 0 aliphatic heterocycles. The maximum Gasteiger partial charge on any atom is 0.189 e. The summed E-state index contributed by atoms with van der Waals surface area (Å²) in [7, 11) is 0. The number of halogens is 3. The molecule has 3 rings (SSSR count). The molecule has 0 radical (unpaired) electrons. The summed E-state index contributed by atoms with van der Waals surface area (Å²) in [5.74, 6) is 0.466. The van der Waals surface area contributed by atoms with E-state index in [4.69, 9.17) is 40.5 Å². The van der Waals surface area contributed by atoms with Crippen LogP contribution in [0.1, 0.15) is 0 Å². The molecule has 8 heteroatoms. The van der Waals surface area contributed by atoms with Gasteiger partial charge in [0.05, 0.1) is 15.7 Å². The van der Waals surface area contributed by atoms with Gasteiger partial charge in [0.1, 0.15) is 0 Å². The molecule has 0 bridgehead atoms. The third kappa shape index (κ3) is 2.68. The van der Waals surface area contributed by atoms with Gasteiger partial charge in [-0.15, -0.1) is 5.10 Å². The van der Waals surface area contributed by atoms with Gasteiger partial charge in [0, 0.05) is 16.3 Å². The Morgan fingerprint density at radius 1 is 0.952 bits per heavy atom. The normalized spacial score (nSPS) is 10.8. The Bertz CT molecular complexity index is 815. The quantitative estimate of drug-likeness (QED) is 0.719. The molecule has 0 saturated carbocycles. The van der Waals surface area contributed by atoms with Crippen molar-refractivity contribution in [2.75, 3.05) is 5.73 Å². The molecule has 0 aliphatic rings. The highest BCUT2D eigenvalue weighted by molar-refractivity contribution is 6.42. The van der Waals surface area contributed by atoms with Crippen molar-refractivity contribution in [3.63, 3.8) is 0 Å². The predicted molar refractivity (Wildman–Crippen MR) is 84.0 cm³/mol. The minimum atomic E-state index is 0.412. The second-order valence-corrected chi connectivity index (χ2v) is 5.50. The maximum absolute atomic E-state index is 6.03. The van der Waals surface area contributed by atoms with Crippen LogP contribution in [0.2, 0.25) is 15.1 Å². The van der Waals surface area contributed by atoms with Gasteiger partial charge in [0.2, 0.25) is 0 Å². The summed E-state index contributed by atoms with van der Waals surface area (Å²) in [5.41, 5.74) is 7.80. The Kier molecular flexibility index (Phi) is 3.71. The van der Waals surface area contributed by atoms with Crippen LogP contribution in [-0.4, -0.2) is 20.2 Å². The molecule has 0 saturated heterocycles. The first-order valence-electron chi connectivity index (χ1n) is 5.85. The van der Waals surface area contributed by atoms with Gasteiger partial charge in [-0.2, -0.15) is 4.68 Å². The van der Waals surface area contributed by atoms with Gasteiger partial charge >= 0.3 is 0 Å². The van der Waals surface area contributed by atoms with E-state index < -0.39 is 0 Å². The molecule has 3 aromatic rings. The van der Waals surface area contributed by atoms with E-state index in [1.807, 2.05) is 0 Å². The average Bonchev–Trinajstić information content (AvgIpc) is 2.93. The van der Waals surface area contributed by atoms with Crippen molar-refractivity contribution in [2.24, 2.45) is 0 Å². The van der Waals surface area contributed by atoms with Gasteiger partial charge in [0.15, 0.2) is 5.82 Å². The number of rotatable bonds is 2. The number of aromatic nitrogens is 4. The van der Waals surface area contributed by atoms with Gasteiger partial charge in [-0.25, -0.2) is 0 Å². The second-order valence-electron chi connectivity index (χ2n) is 4.24. The smallest absolute Gasteiger partial charge is 0.189 e. The maximum atomic E-state index is 6.03. The fourth-order valence-corrected chi connectivity index (χ4v) is 2.33. The lowest BCUT2D eigenvalue weighted by molar-refractivity contribution is 0.791. The lowest BCUT2D eigenvalue weighted by Gasteiger charge is -2.08. The lowest BCUT2D eigenvalue weighted by atomic mass is 10.1. The van der Waals surface area contributed by atoms with E-state index >= 15 is 0 Å². The van der Waals surface area contributed by atoms with E-state index in [0.717, 1.165) is 0 Å². The molecule has 0 aliphatic carbocycles. The molecule has 0 amide bonds. The van der Waals surface area contributed by atoms with Crippen molar-refractivity contribution in [2.45, 2.75) is 0 Å². The molecule has 0 spiro atoms. The summed E-state index contributed by atoms with van der Waals surface area (Å²) >= 11 is 17.9. The highest BCUT2D eigenvalue weighted by Crippen LogP contribution is 2.30. The average molecular weight is 341 g/mol. The number of nitrogens with two attached hydrogens (primary N) is 1. The van der Waals surface area contributed by atoms with Gasteiger partial charge in [-0.3, -0.25) is 0 Å². The largest absolute Gasteiger partial charge is 0.398 e. The molecule has 1 heterocycles. The minimum Gasteiger partial charge on any atom is -0.398 e. The zero-order valence-electron chi connectivity index (χ0n) is 10.5. The number of nitrogens with zero attached hydrogens (tertiary/aromatic N) is 4. The van der Waals surface area contributed by atoms with Crippen LogP contribution < -0.4 is 5.73 Å². The van der Waals surface area contributed by atoms with Gasteiger partial charge < -0.3 is 5.73 Å². The van der Waals surface area contributed by atoms with Crippen molar-refractivity contribution < 1.29 is 0 Å². The van der Waals surface area contributed by atoms with Crippen molar-refractivity contribution in [3.05, 3.63) is 51.5 Å². The molecule has 2 aromatic carbocycles. The summed E-state index contributed by atoms with van der Waals surface area (Å²) < 4.78 is 1.52. The zero-order chi connectivity index (χ0) is 15.0. The van der Waals surface area contributed by atoms with Gasteiger partial charge in [0.25, 0.3) is 0 Å². The Morgan fingerprint density at radius 2 is 1.76 bits per heavy atom. The van der Waals surface area contributed by atoms with E-state index in [1.54, 1.807) is 36.4 Å². The van der Waals surface area contributed by atoms with E-state index in [1.165, 1.54) is 4.68 Å². The van der Waals surface area contributed by atoms with Crippen molar-refractivity contribution >= 4 is 40.5 Å². The number of hydrogen-bond donors (Lipinski definition) is 1. The van der Waals surface area contributed by atoms with Crippen LogP contribution in [0.4, 0.5) is 5.69 Å². The van der Waals surface area contributed by atoms with Crippen LogP contribution in [0.25, 0.3) is 17.1 Å². The fourth-order valence-electron chi connectivity index (χ4n) is 1.87. The molecule has 0 fully saturated rings. The first-order valence-corrected chi connectivity index (χ1v) is 6.99. The van der Waals surface area contributed by atoms with Crippen molar-refractivity contribution in [1.29, 1.82) is 0 Å². The van der Waals surface area contributed by atoms with Crippen LogP contribution in [0.15, 0.2) is 36.4 Å². The predicted octanol–water partition coefficient (Wildman–Crippen LogP) is 3.87. The Hall–Kier alpha value is -1.82. The Morgan fingerprint density at radius 3 is 2.52 bits per heavy atom. The van der Waals surface area contributed by atoms with E-state index in [0.29, 0.717) is 37.8 Å². The molecular formula is C13H8Cl3N5. The summed E-state index contributed by atoms with van der Waals surface area (Å²) in [5, 5.41) is 13.1. The molecule has 106 valence electrons. The first kappa shape index (κ1) is 14.1. The summed E-state index contributed by atoms with van der Waals surface area (Å²) in [6, 6.07) is 10.2. The van der Waals surface area contributed by atoms with Crippen LogP contribution in [0.5, 0.6) is 0 Å². The van der Waals surface area contributed by atoms with Crippen molar-refractivity contribution in [1.82, 2.24) is 20.2 Å². The van der Waals surface area contributed by atoms with Crippen molar-refractivity contribution in [3.8, 4) is 17.1 Å². The Labute approximate surface area is 135 Å². The topological polar surface area (TPSA) is 69.6 Å². The first-order chi connectivity index (χ1) is 10.1. The fraction of sp³-hybridized carbons (Fsp3) is 0. The minimum absolute atomic E-state index is 0.412. The molecule has 0 unspecified atom stereocenters. The number of hydrogen-bond acceptors (Lipinski definition) is 4. The zero-order valence-corrected chi connectivity index (χ0v) is 12.7.